The first kappa shape index (κ1) is 17.7. The molecule has 0 aliphatic rings. The average Bonchev–Trinajstić information content (AvgIpc) is 2.34. The quantitative estimate of drug-likeness (QED) is 0.599. The molecule has 0 bridgehead atoms. The van der Waals surface area contributed by atoms with E-state index in [2.05, 4.69) is 12.2 Å². The van der Waals surface area contributed by atoms with E-state index in [4.69, 9.17) is 9.84 Å². The highest BCUT2D eigenvalue weighted by Crippen LogP contribution is 2.05. The molecule has 0 aliphatic heterocycles. The van der Waals surface area contributed by atoms with Crippen molar-refractivity contribution in [2.45, 2.75) is 65.3 Å². The van der Waals surface area contributed by atoms with Crippen molar-refractivity contribution in [1.29, 1.82) is 0 Å². The SMILES string of the molecule is CCCCCCCCOC(=O)N[C@H](C(=O)O)C(C)C. The minimum Gasteiger partial charge on any atom is -0.480 e. The van der Waals surface area contributed by atoms with Crippen molar-refractivity contribution in [3.63, 3.8) is 0 Å². The third kappa shape index (κ3) is 9.33. The van der Waals surface area contributed by atoms with Crippen LogP contribution < -0.4 is 5.32 Å². The number of unbranched alkanes of at least 4 members (excludes halogenated alkanes) is 5. The van der Waals surface area contributed by atoms with Crippen molar-refractivity contribution in [1.82, 2.24) is 5.32 Å². The molecule has 0 spiro atoms. The van der Waals surface area contributed by atoms with E-state index in [1.807, 2.05) is 0 Å². The standard InChI is InChI=1S/C14H27NO4/c1-4-5-6-7-8-9-10-19-14(18)15-12(11(2)3)13(16)17/h11-12H,4-10H2,1-3H3,(H,15,18)(H,16,17)/t12-/m0/s1. The number of carbonyl (C=O) groups excluding carboxylic acids is 1. The van der Waals surface area contributed by atoms with E-state index < -0.39 is 18.1 Å². The Morgan fingerprint density at radius 3 is 2.21 bits per heavy atom. The number of carboxylic acids is 1. The molecule has 0 rings (SSSR count). The summed E-state index contributed by atoms with van der Waals surface area (Å²) in [5, 5.41) is 11.3. The molecule has 0 saturated heterocycles. The van der Waals surface area contributed by atoms with Crippen LogP contribution in [0.3, 0.4) is 0 Å². The van der Waals surface area contributed by atoms with Gasteiger partial charge in [-0.25, -0.2) is 9.59 Å². The molecule has 0 heterocycles. The number of carboxylic acid groups (broad SMARTS) is 1. The Hall–Kier alpha value is -1.26. The molecule has 0 aliphatic carbocycles. The zero-order valence-corrected chi connectivity index (χ0v) is 12.3. The summed E-state index contributed by atoms with van der Waals surface area (Å²) < 4.78 is 4.97. The van der Waals surface area contributed by atoms with E-state index in [9.17, 15) is 9.59 Å². The predicted octanol–water partition coefficient (Wildman–Crippen LogP) is 3.18. The van der Waals surface area contributed by atoms with Crippen molar-refractivity contribution in [3.05, 3.63) is 0 Å². The van der Waals surface area contributed by atoms with Gasteiger partial charge >= 0.3 is 12.1 Å². The Morgan fingerprint density at radius 2 is 1.68 bits per heavy atom. The third-order valence-electron chi connectivity index (χ3n) is 2.94. The van der Waals surface area contributed by atoms with E-state index in [1.54, 1.807) is 13.8 Å². The fourth-order valence-electron chi connectivity index (χ4n) is 1.73. The average molecular weight is 273 g/mol. The van der Waals surface area contributed by atoms with Crippen LogP contribution in [0.15, 0.2) is 0 Å². The molecule has 0 radical (unpaired) electrons. The molecule has 5 nitrogen and oxygen atoms in total. The van der Waals surface area contributed by atoms with E-state index in [0.29, 0.717) is 6.61 Å². The van der Waals surface area contributed by atoms with Crippen LogP contribution in [0.2, 0.25) is 0 Å². The lowest BCUT2D eigenvalue weighted by Gasteiger charge is -2.17. The van der Waals surface area contributed by atoms with Gasteiger partial charge in [-0.05, 0) is 12.3 Å². The number of rotatable bonds is 10. The van der Waals surface area contributed by atoms with Crippen LogP contribution in [0, 0.1) is 5.92 Å². The van der Waals surface area contributed by atoms with Gasteiger partial charge in [0, 0.05) is 0 Å². The van der Waals surface area contributed by atoms with Crippen LogP contribution in [-0.2, 0) is 9.53 Å². The Balaban J connectivity index is 3.66. The van der Waals surface area contributed by atoms with E-state index in [0.717, 1.165) is 19.3 Å². The summed E-state index contributed by atoms with van der Waals surface area (Å²) in [6, 6.07) is -0.892. The highest BCUT2D eigenvalue weighted by atomic mass is 16.5. The maximum absolute atomic E-state index is 11.4. The van der Waals surface area contributed by atoms with Crippen molar-refractivity contribution >= 4 is 12.1 Å². The number of carbonyl (C=O) groups is 2. The lowest BCUT2D eigenvalue weighted by Crippen LogP contribution is -2.44. The summed E-state index contributed by atoms with van der Waals surface area (Å²) in [5.41, 5.74) is 0. The molecule has 0 fully saturated rings. The van der Waals surface area contributed by atoms with Gasteiger partial charge in [0.1, 0.15) is 6.04 Å². The number of ether oxygens (including phenoxy) is 1. The summed E-state index contributed by atoms with van der Waals surface area (Å²) in [6.07, 6.45) is 6.06. The summed E-state index contributed by atoms with van der Waals surface area (Å²) in [5.74, 6) is -1.20. The second-order valence-corrected chi connectivity index (χ2v) is 5.11. The summed E-state index contributed by atoms with van der Waals surface area (Å²) in [7, 11) is 0. The molecule has 0 aromatic rings. The predicted molar refractivity (Wildman–Crippen MR) is 74.1 cm³/mol. The number of hydrogen-bond acceptors (Lipinski definition) is 3. The number of aliphatic carboxylic acids is 1. The molecule has 112 valence electrons. The molecule has 1 atom stereocenters. The van der Waals surface area contributed by atoms with Gasteiger partial charge in [0.25, 0.3) is 0 Å². The number of amides is 1. The molecular weight excluding hydrogens is 246 g/mol. The van der Waals surface area contributed by atoms with Gasteiger partial charge in [-0.3, -0.25) is 0 Å². The first-order valence-corrected chi connectivity index (χ1v) is 7.15. The molecule has 2 N–H and O–H groups in total. The number of nitrogens with one attached hydrogen (secondary N) is 1. The highest BCUT2D eigenvalue weighted by molar-refractivity contribution is 5.80. The zero-order valence-electron chi connectivity index (χ0n) is 12.3. The normalized spacial score (nSPS) is 12.2. The van der Waals surface area contributed by atoms with Gasteiger partial charge in [-0.2, -0.15) is 0 Å². The second kappa shape index (κ2) is 10.6. The highest BCUT2D eigenvalue weighted by Gasteiger charge is 2.23. The second-order valence-electron chi connectivity index (χ2n) is 5.11. The maximum Gasteiger partial charge on any atom is 0.407 e. The molecule has 0 unspecified atom stereocenters. The summed E-state index contributed by atoms with van der Waals surface area (Å²) in [6.45, 7) is 6.00. The van der Waals surface area contributed by atoms with Crippen LogP contribution in [-0.4, -0.2) is 29.8 Å². The maximum atomic E-state index is 11.4. The van der Waals surface area contributed by atoms with Crippen molar-refractivity contribution in [2.24, 2.45) is 5.92 Å². The van der Waals surface area contributed by atoms with Gasteiger partial charge in [-0.15, -0.1) is 0 Å². The smallest absolute Gasteiger partial charge is 0.407 e. The first-order valence-electron chi connectivity index (χ1n) is 7.15. The van der Waals surface area contributed by atoms with E-state index in [1.165, 1.54) is 19.3 Å². The van der Waals surface area contributed by atoms with Crippen LogP contribution in [0.5, 0.6) is 0 Å². The van der Waals surface area contributed by atoms with Crippen LogP contribution >= 0.6 is 0 Å². The number of alkyl carbamates (subject to hydrolysis) is 1. The Bertz CT molecular complexity index is 266. The van der Waals surface area contributed by atoms with Crippen molar-refractivity contribution < 1.29 is 19.4 Å². The van der Waals surface area contributed by atoms with Crippen molar-refractivity contribution in [3.8, 4) is 0 Å². The lowest BCUT2D eigenvalue weighted by atomic mass is 10.1. The minimum atomic E-state index is -1.04. The van der Waals surface area contributed by atoms with Crippen molar-refractivity contribution in [2.75, 3.05) is 6.61 Å². The fraction of sp³-hybridized carbons (Fsp3) is 0.857. The molecule has 0 aromatic carbocycles. The Kier molecular flexibility index (Phi) is 9.94. The van der Waals surface area contributed by atoms with E-state index >= 15 is 0 Å². The number of hydrogen-bond donors (Lipinski definition) is 2. The van der Waals surface area contributed by atoms with E-state index in [-0.39, 0.29) is 5.92 Å². The third-order valence-corrected chi connectivity index (χ3v) is 2.94. The van der Waals surface area contributed by atoms with Crippen LogP contribution in [0.4, 0.5) is 4.79 Å². The van der Waals surface area contributed by atoms with Gasteiger partial charge in [0.15, 0.2) is 0 Å². The summed E-state index contributed by atoms with van der Waals surface area (Å²) >= 11 is 0. The lowest BCUT2D eigenvalue weighted by molar-refractivity contribution is -0.140. The van der Waals surface area contributed by atoms with Gasteiger partial charge in [0.05, 0.1) is 6.61 Å². The summed E-state index contributed by atoms with van der Waals surface area (Å²) in [4.78, 5) is 22.3. The Morgan fingerprint density at radius 1 is 1.11 bits per heavy atom. The topological polar surface area (TPSA) is 75.6 Å². The van der Waals surface area contributed by atoms with Gasteiger partial charge < -0.3 is 15.2 Å². The molecule has 19 heavy (non-hydrogen) atoms. The molecule has 0 saturated carbocycles. The van der Waals surface area contributed by atoms with Crippen LogP contribution in [0.1, 0.15) is 59.3 Å². The molecular formula is C14H27NO4. The molecule has 0 aromatic heterocycles. The zero-order chi connectivity index (χ0) is 14.7. The molecule has 5 heteroatoms. The molecule has 1 amide bonds. The fourth-order valence-corrected chi connectivity index (χ4v) is 1.73. The largest absolute Gasteiger partial charge is 0.480 e. The van der Waals surface area contributed by atoms with Crippen LogP contribution in [0.25, 0.3) is 0 Å². The minimum absolute atomic E-state index is 0.168. The monoisotopic (exact) mass is 273 g/mol. The van der Waals surface area contributed by atoms with Gasteiger partial charge in [0.2, 0.25) is 0 Å². The Labute approximate surface area is 115 Å². The van der Waals surface area contributed by atoms with Gasteiger partial charge in [-0.1, -0.05) is 52.9 Å². The first-order chi connectivity index (χ1) is 8.99.